The monoisotopic (exact) mass is 318 g/mol. The molecule has 0 saturated heterocycles. The molecule has 1 aromatic heterocycles. The van der Waals surface area contributed by atoms with Crippen LogP contribution in [0, 0.1) is 5.92 Å². The first-order valence-corrected chi connectivity index (χ1v) is 7.75. The van der Waals surface area contributed by atoms with Crippen LogP contribution in [-0.2, 0) is 0 Å². The van der Waals surface area contributed by atoms with Gasteiger partial charge in [0.15, 0.2) is 0 Å². The van der Waals surface area contributed by atoms with E-state index in [-0.39, 0.29) is 6.04 Å². The van der Waals surface area contributed by atoms with Crippen LogP contribution in [0.2, 0.25) is 0 Å². The summed E-state index contributed by atoms with van der Waals surface area (Å²) in [5.41, 5.74) is 3.98. The van der Waals surface area contributed by atoms with Crippen LogP contribution in [-0.4, -0.2) is 0 Å². The molecule has 0 amide bonds. The fraction of sp³-hybridized carbons (Fsp3) is 0.286. The maximum Gasteiger partial charge on any atom is 0.129 e. The summed E-state index contributed by atoms with van der Waals surface area (Å²) in [4.78, 5) is 1.29. The van der Waals surface area contributed by atoms with Gasteiger partial charge in [-0.2, -0.15) is 10.2 Å². The Labute approximate surface area is 118 Å². The Morgan fingerprint density at radius 3 is 3.17 bits per heavy atom. The molecule has 90 valence electrons. The maximum absolute atomic E-state index is 4.47. The lowest BCUT2D eigenvalue weighted by Crippen LogP contribution is -2.02. The van der Waals surface area contributed by atoms with Crippen molar-refractivity contribution in [2.75, 3.05) is 0 Å². The van der Waals surface area contributed by atoms with Crippen molar-refractivity contribution in [2.24, 2.45) is 16.1 Å². The molecular weight excluding hydrogens is 308 g/mol. The Morgan fingerprint density at radius 2 is 2.33 bits per heavy atom. The van der Waals surface area contributed by atoms with E-state index in [9.17, 15) is 0 Å². The number of allylic oxidation sites excluding steroid dienone is 4. The lowest BCUT2D eigenvalue weighted by molar-refractivity contribution is 0.618. The average molecular weight is 319 g/mol. The van der Waals surface area contributed by atoms with E-state index in [0.717, 1.165) is 17.3 Å². The van der Waals surface area contributed by atoms with Crippen molar-refractivity contribution >= 4 is 27.3 Å². The molecular formula is C14H11BrN2S. The Hall–Kier alpha value is -1.00. The van der Waals surface area contributed by atoms with E-state index in [1.165, 1.54) is 21.7 Å². The van der Waals surface area contributed by atoms with Gasteiger partial charge in [-0.3, -0.25) is 0 Å². The van der Waals surface area contributed by atoms with Crippen LogP contribution < -0.4 is 0 Å². The minimum atomic E-state index is 0.169. The molecule has 2 unspecified atom stereocenters. The molecule has 2 aliphatic carbocycles. The van der Waals surface area contributed by atoms with Crippen molar-refractivity contribution in [3.63, 3.8) is 0 Å². The summed E-state index contributed by atoms with van der Waals surface area (Å²) in [7, 11) is 0. The van der Waals surface area contributed by atoms with Gasteiger partial charge in [-0.05, 0) is 51.9 Å². The van der Waals surface area contributed by atoms with Gasteiger partial charge >= 0.3 is 0 Å². The zero-order valence-electron chi connectivity index (χ0n) is 9.64. The smallest absolute Gasteiger partial charge is 0.129 e. The first-order valence-electron chi connectivity index (χ1n) is 6.08. The summed E-state index contributed by atoms with van der Waals surface area (Å²) >= 11 is 5.27. The molecule has 1 aliphatic heterocycles. The van der Waals surface area contributed by atoms with Crippen molar-refractivity contribution < 1.29 is 0 Å². The highest BCUT2D eigenvalue weighted by molar-refractivity contribution is 9.10. The summed E-state index contributed by atoms with van der Waals surface area (Å²) in [6, 6.07) is 2.33. The second-order valence-corrected chi connectivity index (χ2v) is 6.70. The number of azo groups is 1. The molecule has 18 heavy (non-hydrogen) atoms. The molecule has 4 heteroatoms. The van der Waals surface area contributed by atoms with Crippen molar-refractivity contribution in [1.29, 1.82) is 0 Å². The van der Waals surface area contributed by atoms with E-state index >= 15 is 0 Å². The van der Waals surface area contributed by atoms with Gasteiger partial charge in [-0.25, -0.2) is 0 Å². The van der Waals surface area contributed by atoms with Crippen molar-refractivity contribution in [2.45, 2.75) is 18.9 Å². The largest absolute Gasteiger partial charge is 0.175 e. The van der Waals surface area contributed by atoms with Gasteiger partial charge in [-0.15, -0.1) is 11.3 Å². The van der Waals surface area contributed by atoms with Gasteiger partial charge in [0, 0.05) is 14.7 Å². The normalized spacial score (nSPS) is 28.6. The van der Waals surface area contributed by atoms with Crippen molar-refractivity contribution in [3.05, 3.63) is 55.9 Å². The van der Waals surface area contributed by atoms with Gasteiger partial charge < -0.3 is 0 Å². The van der Waals surface area contributed by atoms with E-state index in [4.69, 9.17) is 0 Å². The maximum atomic E-state index is 4.47. The molecule has 1 aromatic rings. The second kappa shape index (κ2) is 4.00. The fourth-order valence-corrected chi connectivity index (χ4v) is 4.45. The van der Waals surface area contributed by atoms with Crippen LogP contribution in [0.3, 0.4) is 0 Å². The molecule has 2 nitrogen and oxygen atoms in total. The zero-order chi connectivity index (χ0) is 12.1. The van der Waals surface area contributed by atoms with E-state index < -0.39 is 0 Å². The standard InChI is InChI=1S/C14H11BrN2S/c15-9-6-12(18-7-9)14-11-5-8-3-1-2-4-10(8)13(11)16-17-14/h1-2,4,6-8,14H,3,5H2. The van der Waals surface area contributed by atoms with E-state index in [0.29, 0.717) is 5.92 Å². The number of fused-ring (bicyclic) bond motifs is 2. The van der Waals surface area contributed by atoms with Crippen LogP contribution in [0.1, 0.15) is 23.8 Å². The lowest BCUT2D eigenvalue weighted by atomic mass is 9.92. The number of rotatable bonds is 1. The predicted octanol–water partition coefficient (Wildman–Crippen LogP) is 5.18. The first-order chi connectivity index (χ1) is 8.83. The molecule has 2 atom stereocenters. The quantitative estimate of drug-likeness (QED) is 0.681. The summed E-state index contributed by atoms with van der Waals surface area (Å²) in [5, 5.41) is 11.0. The van der Waals surface area contributed by atoms with Gasteiger partial charge in [0.05, 0.1) is 5.70 Å². The molecule has 0 radical (unpaired) electrons. The molecule has 0 bridgehead atoms. The van der Waals surface area contributed by atoms with Crippen LogP contribution in [0.15, 0.2) is 61.2 Å². The van der Waals surface area contributed by atoms with Crippen LogP contribution in [0.5, 0.6) is 0 Å². The minimum Gasteiger partial charge on any atom is -0.175 e. The first kappa shape index (κ1) is 10.9. The number of nitrogens with zero attached hydrogens (tertiary/aromatic N) is 2. The number of halogens is 1. The van der Waals surface area contributed by atoms with E-state index in [2.05, 4.69) is 55.8 Å². The van der Waals surface area contributed by atoms with Gasteiger partial charge in [0.25, 0.3) is 0 Å². The molecule has 0 aromatic carbocycles. The summed E-state index contributed by atoms with van der Waals surface area (Å²) in [6.07, 6.45) is 8.88. The predicted molar refractivity (Wildman–Crippen MR) is 76.6 cm³/mol. The molecule has 2 heterocycles. The number of hydrogen-bond acceptors (Lipinski definition) is 3. The third-order valence-electron chi connectivity index (χ3n) is 3.78. The molecule has 0 fully saturated rings. The number of hydrogen-bond donors (Lipinski definition) is 0. The highest BCUT2D eigenvalue weighted by atomic mass is 79.9. The number of thiophene rings is 1. The Kier molecular flexibility index (Phi) is 2.42. The summed E-state index contributed by atoms with van der Waals surface area (Å²) in [6.45, 7) is 0. The summed E-state index contributed by atoms with van der Waals surface area (Å²) < 4.78 is 1.14. The topological polar surface area (TPSA) is 24.7 Å². The van der Waals surface area contributed by atoms with E-state index in [1.54, 1.807) is 11.3 Å². The molecule has 0 saturated carbocycles. The van der Waals surface area contributed by atoms with E-state index in [1.807, 2.05) is 0 Å². The van der Waals surface area contributed by atoms with Crippen molar-refractivity contribution in [3.8, 4) is 0 Å². The van der Waals surface area contributed by atoms with Gasteiger partial charge in [0.2, 0.25) is 0 Å². The Bertz CT molecular complexity index is 636. The van der Waals surface area contributed by atoms with Crippen LogP contribution in [0.4, 0.5) is 0 Å². The zero-order valence-corrected chi connectivity index (χ0v) is 12.0. The SMILES string of the molecule is Brc1csc(C2N=NC3=C2CC2CC=CC=C32)c1. The summed E-state index contributed by atoms with van der Waals surface area (Å²) in [5.74, 6) is 0.644. The minimum absolute atomic E-state index is 0.169. The van der Waals surface area contributed by atoms with Crippen LogP contribution >= 0.6 is 27.3 Å². The highest BCUT2D eigenvalue weighted by Gasteiger charge is 2.37. The van der Waals surface area contributed by atoms with Gasteiger partial charge in [0.1, 0.15) is 6.04 Å². The van der Waals surface area contributed by atoms with Crippen molar-refractivity contribution in [1.82, 2.24) is 0 Å². The molecule has 4 rings (SSSR count). The molecule has 3 aliphatic rings. The average Bonchev–Trinajstić information content (AvgIpc) is 3.03. The fourth-order valence-electron chi connectivity index (χ4n) is 2.94. The van der Waals surface area contributed by atoms with Crippen LogP contribution in [0.25, 0.3) is 0 Å². The highest BCUT2D eigenvalue weighted by Crippen LogP contribution is 2.51. The third-order valence-corrected chi connectivity index (χ3v) is 5.52. The van der Waals surface area contributed by atoms with Gasteiger partial charge in [-0.1, -0.05) is 18.2 Å². The Morgan fingerprint density at radius 1 is 1.39 bits per heavy atom. The lowest BCUT2D eigenvalue weighted by Gasteiger charge is -2.15. The third kappa shape index (κ3) is 1.52. The molecule has 0 spiro atoms. The Balaban J connectivity index is 1.75. The molecule has 0 N–H and O–H groups in total. The second-order valence-electron chi connectivity index (χ2n) is 4.85.